The van der Waals surface area contributed by atoms with Crippen LogP contribution in [-0.4, -0.2) is 20.4 Å². The molecule has 0 radical (unpaired) electrons. The second kappa shape index (κ2) is 6.99. The number of aryl methyl sites for hydroxylation is 2. The van der Waals surface area contributed by atoms with Gasteiger partial charge in [-0.3, -0.25) is 4.79 Å². The van der Waals surface area contributed by atoms with E-state index in [1.807, 2.05) is 17.7 Å². The van der Waals surface area contributed by atoms with Crippen molar-refractivity contribution in [2.45, 2.75) is 26.3 Å². The minimum absolute atomic E-state index is 0.00385. The number of benzene rings is 1. The molecule has 1 aromatic heterocycles. The molecule has 6 heteroatoms. The number of hydrogen-bond donors (Lipinski definition) is 2. The quantitative estimate of drug-likeness (QED) is 0.803. The summed E-state index contributed by atoms with van der Waals surface area (Å²) in [6, 6.07) is 7.19. The van der Waals surface area contributed by atoms with Crippen molar-refractivity contribution in [1.29, 1.82) is 0 Å². The van der Waals surface area contributed by atoms with Crippen molar-refractivity contribution >= 4 is 28.8 Å². The standard InChI is InChI=1S/C15H18N4OS/c1-11-17-8-10-19(11)9-2-3-14(20)18-13-6-4-12(5-7-13)15(16)21/h4-8,10H,2-3,9H2,1H3,(H2,16,21)(H,18,20). The molecule has 0 aliphatic rings. The molecule has 1 aromatic carbocycles. The first-order chi connectivity index (χ1) is 10.1. The summed E-state index contributed by atoms with van der Waals surface area (Å²) in [7, 11) is 0. The van der Waals surface area contributed by atoms with E-state index in [0.717, 1.165) is 30.0 Å². The normalized spacial score (nSPS) is 10.3. The smallest absolute Gasteiger partial charge is 0.224 e. The van der Waals surface area contributed by atoms with Crippen LogP contribution in [0.25, 0.3) is 0 Å². The van der Waals surface area contributed by atoms with E-state index in [4.69, 9.17) is 18.0 Å². The third-order valence-corrected chi connectivity index (χ3v) is 3.42. The molecule has 21 heavy (non-hydrogen) atoms. The average Bonchev–Trinajstić information content (AvgIpc) is 2.85. The van der Waals surface area contributed by atoms with Gasteiger partial charge in [-0.2, -0.15) is 0 Å². The van der Waals surface area contributed by atoms with E-state index in [2.05, 4.69) is 10.3 Å². The van der Waals surface area contributed by atoms with Crippen molar-refractivity contribution in [1.82, 2.24) is 9.55 Å². The maximum Gasteiger partial charge on any atom is 0.224 e. The number of amides is 1. The first kappa shape index (κ1) is 15.2. The van der Waals surface area contributed by atoms with Crippen LogP contribution in [0.3, 0.4) is 0 Å². The highest BCUT2D eigenvalue weighted by atomic mass is 32.1. The molecule has 0 unspecified atom stereocenters. The van der Waals surface area contributed by atoms with Crippen molar-refractivity contribution < 1.29 is 4.79 Å². The summed E-state index contributed by atoms with van der Waals surface area (Å²) in [6.07, 6.45) is 4.92. The minimum atomic E-state index is -0.00385. The Morgan fingerprint density at radius 3 is 2.67 bits per heavy atom. The molecule has 2 aromatic rings. The molecule has 110 valence electrons. The van der Waals surface area contributed by atoms with Gasteiger partial charge >= 0.3 is 0 Å². The number of aromatic nitrogens is 2. The maximum atomic E-state index is 11.9. The predicted molar refractivity (Wildman–Crippen MR) is 87.2 cm³/mol. The average molecular weight is 302 g/mol. The number of carbonyl (C=O) groups excluding carboxylic acids is 1. The van der Waals surface area contributed by atoms with Crippen LogP contribution in [0.2, 0.25) is 0 Å². The second-order valence-electron chi connectivity index (χ2n) is 4.76. The Balaban J connectivity index is 1.79. The molecule has 2 rings (SSSR count). The summed E-state index contributed by atoms with van der Waals surface area (Å²) in [5, 5.41) is 2.85. The van der Waals surface area contributed by atoms with Gasteiger partial charge in [0.1, 0.15) is 10.8 Å². The Kier molecular flexibility index (Phi) is 5.05. The summed E-state index contributed by atoms with van der Waals surface area (Å²) in [4.78, 5) is 16.4. The van der Waals surface area contributed by atoms with Crippen LogP contribution in [0.1, 0.15) is 24.2 Å². The second-order valence-corrected chi connectivity index (χ2v) is 5.20. The molecule has 0 spiro atoms. The molecule has 0 atom stereocenters. The van der Waals surface area contributed by atoms with Crippen molar-refractivity contribution in [3.8, 4) is 0 Å². The molecule has 0 saturated carbocycles. The zero-order valence-corrected chi connectivity index (χ0v) is 12.7. The summed E-state index contributed by atoms with van der Waals surface area (Å²) in [5.74, 6) is 0.958. The van der Waals surface area contributed by atoms with Crippen molar-refractivity contribution in [2.24, 2.45) is 5.73 Å². The highest BCUT2D eigenvalue weighted by molar-refractivity contribution is 7.80. The van der Waals surface area contributed by atoms with Gasteiger partial charge in [0, 0.05) is 36.6 Å². The monoisotopic (exact) mass is 302 g/mol. The van der Waals surface area contributed by atoms with E-state index in [-0.39, 0.29) is 5.91 Å². The van der Waals surface area contributed by atoms with E-state index < -0.39 is 0 Å². The Labute approximate surface area is 129 Å². The number of nitrogens with one attached hydrogen (secondary N) is 1. The number of rotatable bonds is 6. The van der Waals surface area contributed by atoms with Crippen LogP contribution in [0.15, 0.2) is 36.7 Å². The maximum absolute atomic E-state index is 11.9. The molecule has 5 nitrogen and oxygen atoms in total. The van der Waals surface area contributed by atoms with Gasteiger partial charge in [-0.25, -0.2) is 4.98 Å². The lowest BCUT2D eigenvalue weighted by Gasteiger charge is -2.07. The van der Waals surface area contributed by atoms with Crippen LogP contribution < -0.4 is 11.1 Å². The molecular formula is C15H18N4OS. The van der Waals surface area contributed by atoms with Crippen molar-refractivity contribution in [3.05, 3.63) is 48.0 Å². The van der Waals surface area contributed by atoms with Gasteiger partial charge in [-0.05, 0) is 37.6 Å². The number of imidazole rings is 1. The van der Waals surface area contributed by atoms with Gasteiger partial charge in [-0.15, -0.1) is 0 Å². The highest BCUT2D eigenvalue weighted by Gasteiger charge is 2.04. The summed E-state index contributed by atoms with van der Waals surface area (Å²) in [6.45, 7) is 2.74. The molecule has 3 N–H and O–H groups in total. The van der Waals surface area contributed by atoms with Gasteiger partial charge in [0.05, 0.1) is 0 Å². The summed E-state index contributed by atoms with van der Waals surface area (Å²) in [5.41, 5.74) is 7.07. The fourth-order valence-electron chi connectivity index (χ4n) is 1.99. The lowest BCUT2D eigenvalue weighted by Crippen LogP contribution is -2.13. The molecule has 0 fully saturated rings. The fourth-order valence-corrected chi connectivity index (χ4v) is 2.13. The zero-order valence-electron chi connectivity index (χ0n) is 11.9. The highest BCUT2D eigenvalue weighted by Crippen LogP contribution is 2.10. The summed E-state index contributed by atoms with van der Waals surface area (Å²) < 4.78 is 2.03. The largest absolute Gasteiger partial charge is 0.389 e. The van der Waals surface area contributed by atoms with Crippen LogP contribution in [0, 0.1) is 6.92 Å². The molecule has 0 bridgehead atoms. The van der Waals surface area contributed by atoms with Crippen LogP contribution in [0.4, 0.5) is 5.69 Å². The van der Waals surface area contributed by atoms with Gasteiger partial charge in [0.2, 0.25) is 5.91 Å². The van der Waals surface area contributed by atoms with Crippen LogP contribution >= 0.6 is 12.2 Å². The molecule has 0 saturated heterocycles. The first-order valence-corrected chi connectivity index (χ1v) is 7.14. The van der Waals surface area contributed by atoms with Crippen LogP contribution in [-0.2, 0) is 11.3 Å². The SMILES string of the molecule is Cc1nccn1CCCC(=O)Nc1ccc(C(N)=S)cc1. The van der Waals surface area contributed by atoms with Gasteiger partial charge < -0.3 is 15.6 Å². The third kappa shape index (κ3) is 4.39. The van der Waals surface area contributed by atoms with Gasteiger partial charge in [0.25, 0.3) is 0 Å². The van der Waals surface area contributed by atoms with E-state index in [0.29, 0.717) is 11.4 Å². The lowest BCUT2D eigenvalue weighted by atomic mass is 10.2. The topological polar surface area (TPSA) is 72.9 Å². The first-order valence-electron chi connectivity index (χ1n) is 6.74. The van der Waals surface area contributed by atoms with Gasteiger partial charge in [0.15, 0.2) is 0 Å². The number of nitrogens with zero attached hydrogens (tertiary/aromatic N) is 2. The van der Waals surface area contributed by atoms with Crippen molar-refractivity contribution in [3.63, 3.8) is 0 Å². The lowest BCUT2D eigenvalue weighted by molar-refractivity contribution is -0.116. The number of thiocarbonyl (C=S) groups is 1. The molecule has 1 heterocycles. The zero-order chi connectivity index (χ0) is 15.2. The number of nitrogens with two attached hydrogens (primary N) is 1. The van der Waals surface area contributed by atoms with Crippen LogP contribution in [0.5, 0.6) is 0 Å². The van der Waals surface area contributed by atoms with E-state index in [9.17, 15) is 4.79 Å². The molecule has 0 aliphatic carbocycles. The Morgan fingerprint density at radius 1 is 1.38 bits per heavy atom. The fraction of sp³-hybridized carbons (Fsp3) is 0.267. The number of hydrogen-bond acceptors (Lipinski definition) is 3. The summed E-state index contributed by atoms with van der Waals surface area (Å²) >= 11 is 4.88. The Morgan fingerprint density at radius 2 is 2.10 bits per heavy atom. The van der Waals surface area contributed by atoms with Gasteiger partial charge in [-0.1, -0.05) is 12.2 Å². The van der Waals surface area contributed by atoms with E-state index in [1.54, 1.807) is 30.5 Å². The van der Waals surface area contributed by atoms with E-state index in [1.165, 1.54) is 0 Å². The molecule has 1 amide bonds. The predicted octanol–water partition coefficient (Wildman–Crippen LogP) is 2.24. The molecular weight excluding hydrogens is 284 g/mol. The third-order valence-electron chi connectivity index (χ3n) is 3.18. The van der Waals surface area contributed by atoms with E-state index >= 15 is 0 Å². The number of anilines is 1. The molecule has 0 aliphatic heterocycles. The Bertz CT molecular complexity index is 633. The Hall–Kier alpha value is -2.21. The minimum Gasteiger partial charge on any atom is -0.389 e. The number of carbonyl (C=O) groups is 1. The van der Waals surface area contributed by atoms with Crippen molar-refractivity contribution in [2.75, 3.05) is 5.32 Å².